The molecule has 0 radical (unpaired) electrons. The van der Waals surface area contributed by atoms with E-state index in [0.717, 1.165) is 6.08 Å². The Hall–Kier alpha value is -3.09. The van der Waals surface area contributed by atoms with Gasteiger partial charge in [-0.15, -0.1) is 0 Å². The van der Waals surface area contributed by atoms with Gasteiger partial charge in [0.1, 0.15) is 0 Å². The molecule has 0 aromatic heterocycles. The van der Waals surface area contributed by atoms with Gasteiger partial charge >= 0.3 is 6.18 Å². The van der Waals surface area contributed by atoms with Crippen molar-refractivity contribution in [2.75, 3.05) is 13.7 Å². The first-order chi connectivity index (χ1) is 12.8. The zero-order valence-electron chi connectivity index (χ0n) is 14.7. The molecule has 0 aliphatic heterocycles. The number of carbonyl (C=O) groups is 2. The molecule has 0 fully saturated rings. The summed E-state index contributed by atoms with van der Waals surface area (Å²) in [6.45, 7) is 2.14. The number of halogens is 3. The Balaban J connectivity index is 2.53. The third-order valence-electron chi connectivity index (χ3n) is 3.58. The topological polar surface area (TPSA) is 52.6 Å². The molecule has 0 saturated heterocycles. The van der Waals surface area contributed by atoms with E-state index in [2.05, 4.69) is 0 Å². The fourth-order valence-corrected chi connectivity index (χ4v) is 2.35. The zero-order chi connectivity index (χ0) is 20.0. The molecule has 0 aliphatic rings. The van der Waals surface area contributed by atoms with Crippen molar-refractivity contribution in [2.45, 2.75) is 13.1 Å². The molecular weight excluding hydrogens is 361 g/mol. The van der Waals surface area contributed by atoms with E-state index in [-0.39, 0.29) is 16.9 Å². The average Bonchev–Trinajstić information content (AvgIpc) is 2.66. The van der Waals surface area contributed by atoms with Crippen LogP contribution in [0, 0.1) is 0 Å². The number of benzene rings is 2. The van der Waals surface area contributed by atoms with E-state index in [1.807, 2.05) is 0 Å². The predicted molar refractivity (Wildman–Crippen MR) is 94.0 cm³/mol. The minimum Gasteiger partial charge on any atom is -0.493 e. The quantitative estimate of drug-likeness (QED) is 0.308. The third-order valence-corrected chi connectivity index (χ3v) is 3.58. The lowest BCUT2D eigenvalue weighted by Gasteiger charge is -2.11. The van der Waals surface area contributed by atoms with Gasteiger partial charge in [0, 0.05) is 5.56 Å². The van der Waals surface area contributed by atoms with Crippen LogP contribution in [0.15, 0.2) is 54.1 Å². The third kappa shape index (κ3) is 4.97. The van der Waals surface area contributed by atoms with Gasteiger partial charge in [-0.3, -0.25) is 9.59 Å². The lowest BCUT2D eigenvalue weighted by atomic mass is 9.97. The van der Waals surface area contributed by atoms with Gasteiger partial charge in [0.05, 0.1) is 19.3 Å². The number of hydrogen-bond acceptors (Lipinski definition) is 4. The molecule has 0 atom stereocenters. The van der Waals surface area contributed by atoms with Gasteiger partial charge in [0.25, 0.3) is 5.78 Å². The fourth-order valence-electron chi connectivity index (χ4n) is 2.35. The van der Waals surface area contributed by atoms with Crippen molar-refractivity contribution in [2.24, 2.45) is 0 Å². The maximum atomic E-state index is 13.0. The van der Waals surface area contributed by atoms with Gasteiger partial charge in [0.2, 0.25) is 0 Å². The molecule has 0 N–H and O–H groups in total. The molecular formula is C20H17F3O4. The van der Waals surface area contributed by atoms with E-state index in [9.17, 15) is 22.8 Å². The maximum absolute atomic E-state index is 13.0. The Kier molecular flexibility index (Phi) is 6.39. The number of ether oxygens (including phenoxy) is 2. The van der Waals surface area contributed by atoms with E-state index < -0.39 is 23.3 Å². The van der Waals surface area contributed by atoms with Crippen LogP contribution in [0.2, 0.25) is 0 Å². The Morgan fingerprint density at radius 1 is 1.04 bits per heavy atom. The van der Waals surface area contributed by atoms with Gasteiger partial charge in [-0.25, -0.2) is 0 Å². The normalized spacial score (nSPS) is 11.8. The van der Waals surface area contributed by atoms with Crippen LogP contribution < -0.4 is 9.47 Å². The van der Waals surface area contributed by atoms with E-state index in [0.29, 0.717) is 12.4 Å². The fraction of sp³-hybridized carbons (Fsp3) is 0.200. The van der Waals surface area contributed by atoms with Crippen molar-refractivity contribution in [3.05, 3.63) is 65.2 Å². The summed E-state index contributed by atoms with van der Waals surface area (Å²) in [7, 11) is 1.38. The number of ketones is 2. The van der Waals surface area contributed by atoms with Crippen molar-refractivity contribution < 1.29 is 32.2 Å². The van der Waals surface area contributed by atoms with Crippen LogP contribution in [0.5, 0.6) is 11.5 Å². The lowest BCUT2D eigenvalue weighted by molar-refractivity contribution is -0.166. The number of allylic oxidation sites excluding steroid dienone is 1. The van der Waals surface area contributed by atoms with Crippen LogP contribution >= 0.6 is 0 Å². The van der Waals surface area contributed by atoms with E-state index >= 15 is 0 Å². The highest BCUT2D eigenvalue weighted by molar-refractivity contribution is 6.30. The number of carbonyl (C=O) groups excluding carboxylic acids is 2. The number of rotatable bonds is 7. The second-order valence-corrected chi connectivity index (χ2v) is 5.42. The molecule has 0 heterocycles. The summed E-state index contributed by atoms with van der Waals surface area (Å²) < 4.78 is 49.5. The molecule has 27 heavy (non-hydrogen) atoms. The standard InChI is InChI=1S/C20H17F3O4/c1-3-27-16-10-9-13(12-17(16)26-2)11-15(19(25)20(21,22)23)18(24)14-7-5-4-6-8-14/h4-12H,3H2,1-2H3/b15-11+. The van der Waals surface area contributed by atoms with Crippen molar-refractivity contribution in [3.8, 4) is 11.5 Å². The van der Waals surface area contributed by atoms with Crippen LogP contribution in [-0.4, -0.2) is 31.5 Å². The van der Waals surface area contributed by atoms with Gasteiger partial charge in [-0.2, -0.15) is 13.2 Å². The van der Waals surface area contributed by atoms with Crippen LogP contribution in [-0.2, 0) is 4.79 Å². The molecule has 0 unspecified atom stereocenters. The SMILES string of the molecule is CCOc1ccc(/C=C(\C(=O)c2ccccc2)C(=O)C(F)(F)F)cc1OC. The van der Waals surface area contributed by atoms with Crippen molar-refractivity contribution >= 4 is 17.6 Å². The van der Waals surface area contributed by atoms with Gasteiger partial charge in [0.15, 0.2) is 17.3 Å². The average molecular weight is 378 g/mol. The molecule has 0 spiro atoms. The smallest absolute Gasteiger partial charge is 0.455 e. The summed E-state index contributed by atoms with van der Waals surface area (Å²) in [6, 6.07) is 11.6. The van der Waals surface area contributed by atoms with E-state index in [1.165, 1.54) is 49.6 Å². The van der Waals surface area contributed by atoms with Crippen LogP contribution in [0.25, 0.3) is 6.08 Å². The second kappa shape index (κ2) is 8.53. The van der Waals surface area contributed by atoms with Crippen LogP contribution in [0.4, 0.5) is 13.2 Å². The highest BCUT2D eigenvalue weighted by Gasteiger charge is 2.43. The molecule has 4 nitrogen and oxygen atoms in total. The van der Waals surface area contributed by atoms with Crippen molar-refractivity contribution in [1.29, 1.82) is 0 Å². The van der Waals surface area contributed by atoms with Gasteiger partial charge in [-0.05, 0) is 30.7 Å². The Labute approximate surface area is 154 Å². The first-order valence-electron chi connectivity index (χ1n) is 8.01. The molecule has 2 aromatic carbocycles. The predicted octanol–water partition coefficient (Wildman–Crippen LogP) is 4.49. The molecule has 0 bridgehead atoms. The number of methoxy groups -OCH3 is 1. The zero-order valence-corrected chi connectivity index (χ0v) is 14.7. The van der Waals surface area contributed by atoms with Crippen molar-refractivity contribution in [3.63, 3.8) is 0 Å². The summed E-state index contributed by atoms with van der Waals surface area (Å²) in [5, 5.41) is 0. The lowest BCUT2D eigenvalue weighted by Crippen LogP contribution is -2.28. The minimum absolute atomic E-state index is 0.0146. The van der Waals surface area contributed by atoms with Crippen molar-refractivity contribution in [1.82, 2.24) is 0 Å². The molecule has 0 saturated carbocycles. The molecule has 142 valence electrons. The summed E-state index contributed by atoms with van der Waals surface area (Å²) in [5.74, 6) is -2.54. The largest absolute Gasteiger partial charge is 0.493 e. The number of Topliss-reactive ketones (excluding diaryl/α,β-unsaturated/α-hetero) is 2. The minimum atomic E-state index is -5.17. The number of alkyl halides is 3. The van der Waals surface area contributed by atoms with E-state index in [1.54, 1.807) is 13.0 Å². The first-order valence-corrected chi connectivity index (χ1v) is 8.01. The van der Waals surface area contributed by atoms with Gasteiger partial charge in [-0.1, -0.05) is 36.4 Å². The van der Waals surface area contributed by atoms with Crippen LogP contribution in [0.3, 0.4) is 0 Å². The monoisotopic (exact) mass is 378 g/mol. The molecule has 0 amide bonds. The first kappa shape index (κ1) is 20.2. The number of hydrogen-bond donors (Lipinski definition) is 0. The van der Waals surface area contributed by atoms with E-state index in [4.69, 9.17) is 9.47 Å². The van der Waals surface area contributed by atoms with Crippen LogP contribution in [0.1, 0.15) is 22.8 Å². The summed E-state index contributed by atoms with van der Waals surface area (Å²) >= 11 is 0. The summed E-state index contributed by atoms with van der Waals surface area (Å²) in [4.78, 5) is 24.4. The molecule has 0 aliphatic carbocycles. The maximum Gasteiger partial charge on any atom is 0.455 e. The Bertz CT molecular complexity index is 855. The highest BCUT2D eigenvalue weighted by atomic mass is 19.4. The summed E-state index contributed by atoms with van der Waals surface area (Å²) in [5.41, 5.74) is -0.786. The molecule has 2 aromatic rings. The van der Waals surface area contributed by atoms with Gasteiger partial charge < -0.3 is 9.47 Å². The highest BCUT2D eigenvalue weighted by Crippen LogP contribution is 2.30. The molecule has 2 rings (SSSR count). The Morgan fingerprint density at radius 2 is 1.70 bits per heavy atom. The second-order valence-electron chi connectivity index (χ2n) is 5.42. The molecule has 7 heteroatoms. The Morgan fingerprint density at radius 3 is 2.26 bits per heavy atom. The summed E-state index contributed by atoms with van der Waals surface area (Å²) in [6.07, 6.45) is -4.27.